The van der Waals surface area contributed by atoms with Gasteiger partial charge in [-0.25, -0.2) is 22.4 Å². The third-order valence-electron chi connectivity index (χ3n) is 4.36. The van der Waals surface area contributed by atoms with Crippen molar-refractivity contribution in [2.45, 2.75) is 28.0 Å². The first kappa shape index (κ1) is 21.9. The summed E-state index contributed by atoms with van der Waals surface area (Å²) >= 11 is 3.06. The third-order valence-corrected chi connectivity index (χ3v) is 7.30. The van der Waals surface area contributed by atoms with Gasteiger partial charge in [-0.3, -0.25) is 0 Å². The van der Waals surface area contributed by atoms with Crippen LogP contribution in [-0.4, -0.2) is 71.1 Å². The molecule has 1 aliphatic heterocycles. The second-order valence-corrected chi connectivity index (χ2v) is 10.1. The maximum atomic E-state index is 13.4. The van der Waals surface area contributed by atoms with Crippen LogP contribution in [0.2, 0.25) is 0 Å². The fourth-order valence-corrected chi connectivity index (χ4v) is 4.82. The molecular weight excluding hydrogens is 460 g/mol. The van der Waals surface area contributed by atoms with E-state index in [0.29, 0.717) is 5.69 Å². The summed E-state index contributed by atoms with van der Waals surface area (Å²) < 4.78 is 38.5. The maximum Gasteiger partial charge on any atom is 0.202 e. The number of nitrogens with two attached hydrogens (primary N) is 1. The molecule has 1 saturated heterocycles. The lowest BCUT2D eigenvalue weighted by Gasteiger charge is -2.46. The number of aromatic nitrogens is 2. The minimum absolute atomic E-state index is 0.0400. The van der Waals surface area contributed by atoms with Gasteiger partial charge in [-0.2, -0.15) is 0 Å². The van der Waals surface area contributed by atoms with Gasteiger partial charge < -0.3 is 11.1 Å². The van der Waals surface area contributed by atoms with E-state index in [2.05, 4.69) is 36.6 Å². The maximum absolute atomic E-state index is 13.4. The summed E-state index contributed by atoms with van der Waals surface area (Å²) in [6.45, 7) is 0. The highest BCUT2D eigenvalue weighted by Crippen LogP contribution is 2.36. The Morgan fingerprint density at radius 1 is 1.28 bits per heavy atom. The molecule has 8 nitrogen and oxygen atoms in total. The smallest absolute Gasteiger partial charge is 0.202 e. The van der Waals surface area contributed by atoms with Gasteiger partial charge in [0.25, 0.3) is 0 Å². The highest BCUT2D eigenvalue weighted by Gasteiger charge is 2.50. The number of nitrogens with zero attached hydrogens (tertiary/aromatic N) is 3. The number of benzene rings is 1. The average Bonchev–Trinajstić information content (AvgIpc) is 3.04. The van der Waals surface area contributed by atoms with Crippen LogP contribution in [0.4, 0.5) is 15.9 Å². The Labute approximate surface area is 180 Å². The summed E-state index contributed by atoms with van der Waals surface area (Å²) in [7, 11) is 18.7. The summed E-state index contributed by atoms with van der Waals surface area (Å²) in [5.74, 6) is -0.489. The van der Waals surface area contributed by atoms with Gasteiger partial charge in [-0.05, 0) is 66.4 Å². The molecule has 0 unspecified atom stereocenters. The number of halogens is 2. The molecule has 0 bridgehead atoms. The van der Waals surface area contributed by atoms with Gasteiger partial charge in [-0.15, -0.1) is 0 Å². The van der Waals surface area contributed by atoms with Crippen LogP contribution in [0.5, 0.6) is 0 Å². The van der Waals surface area contributed by atoms with E-state index in [1.165, 1.54) is 18.2 Å². The largest absolute Gasteiger partial charge is 0.382 e. The quantitative estimate of drug-likeness (QED) is 0.365. The number of sulfone groups is 1. The Morgan fingerprint density at radius 2 is 1.90 bits per heavy atom. The van der Waals surface area contributed by atoms with E-state index in [9.17, 15) is 12.8 Å². The Bertz CT molecular complexity index is 1050. The molecule has 1 aromatic carbocycles. The molecule has 3 rings (SSSR count). The van der Waals surface area contributed by atoms with Crippen molar-refractivity contribution < 1.29 is 17.4 Å². The standard InChI is InChI=1S/C14H11B4BrFN5O3S/c15-13(16)4-7(5-14(17,18)29(13,26)27)23-12-10(24-28-25-12)11(21)22-6-1-2-9(20)8(19)3-6/h1-3,7H,4-5H2,(H2,21,22)(H,23,25). The van der Waals surface area contributed by atoms with Crippen molar-refractivity contribution in [3.63, 3.8) is 0 Å². The molecule has 1 aliphatic rings. The van der Waals surface area contributed by atoms with Gasteiger partial charge in [0.2, 0.25) is 5.82 Å². The van der Waals surface area contributed by atoms with Crippen LogP contribution in [0.3, 0.4) is 0 Å². The van der Waals surface area contributed by atoms with Crippen molar-refractivity contribution in [1.29, 1.82) is 0 Å². The number of rotatable bonds is 4. The fourth-order valence-electron chi connectivity index (χ4n) is 2.91. The number of anilines is 1. The normalized spacial score (nSPS) is 21.0. The molecule has 29 heavy (non-hydrogen) atoms. The number of hydrogen-bond acceptors (Lipinski definition) is 7. The SMILES string of the molecule is [B]C1([B])CC(Nc2nonc2C(N)=Nc2ccc(F)c(Br)c2)CC([B])([B])S1(=O)=O. The second-order valence-electron chi connectivity index (χ2n) is 6.72. The highest BCUT2D eigenvalue weighted by atomic mass is 79.9. The predicted octanol–water partition coefficient (Wildman–Crippen LogP) is -0.0211. The van der Waals surface area contributed by atoms with Gasteiger partial charge in [0.1, 0.15) is 15.7 Å². The van der Waals surface area contributed by atoms with E-state index in [1.54, 1.807) is 0 Å². The molecule has 3 N–H and O–H groups in total. The molecule has 8 radical (unpaired) electrons. The van der Waals surface area contributed by atoms with Crippen molar-refractivity contribution in [3.05, 3.63) is 34.2 Å². The Kier molecular flexibility index (Phi) is 5.67. The first-order valence-electron chi connectivity index (χ1n) is 8.12. The number of amidine groups is 1. The molecule has 0 atom stereocenters. The summed E-state index contributed by atoms with van der Waals surface area (Å²) in [6, 6.07) is 3.36. The molecule has 1 fully saturated rings. The van der Waals surface area contributed by atoms with E-state index in [4.69, 9.17) is 41.7 Å². The van der Waals surface area contributed by atoms with E-state index in [-0.39, 0.29) is 34.7 Å². The van der Waals surface area contributed by atoms with E-state index < -0.39 is 30.8 Å². The van der Waals surface area contributed by atoms with Gasteiger partial charge >= 0.3 is 0 Å². The van der Waals surface area contributed by atoms with Gasteiger partial charge in [0, 0.05) is 6.04 Å². The lowest BCUT2D eigenvalue weighted by Crippen LogP contribution is -2.62. The summed E-state index contributed by atoms with van der Waals surface area (Å²) in [5, 5.41) is 10.3. The van der Waals surface area contributed by atoms with Gasteiger partial charge in [-0.1, -0.05) is 0 Å². The topological polar surface area (TPSA) is 123 Å². The van der Waals surface area contributed by atoms with Crippen LogP contribution >= 0.6 is 15.9 Å². The van der Waals surface area contributed by atoms with E-state index in [1.807, 2.05) is 0 Å². The van der Waals surface area contributed by atoms with Crippen LogP contribution in [0.1, 0.15) is 18.5 Å². The molecule has 0 spiro atoms. The first-order chi connectivity index (χ1) is 13.3. The predicted molar refractivity (Wildman–Crippen MR) is 113 cm³/mol. The Hall–Kier alpha value is -1.75. The fraction of sp³-hybridized carbons (Fsp3) is 0.357. The van der Waals surface area contributed by atoms with Crippen LogP contribution in [0.15, 0.2) is 32.3 Å². The minimum atomic E-state index is -4.20. The van der Waals surface area contributed by atoms with Crippen molar-refractivity contribution in [2.75, 3.05) is 5.32 Å². The molecule has 2 aromatic rings. The minimum Gasteiger partial charge on any atom is -0.382 e. The van der Waals surface area contributed by atoms with Crippen LogP contribution in [0, 0.1) is 5.82 Å². The molecule has 0 amide bonds. The molecule has 0 aliphatic carbocycles. The van der Waals surface area contributed by atoms with E-state index in [0.717, 1.165) is 0 Å². The van der Waals surface area contributed by atoms with Crippen LogP contribution in [-0.2, 0) is 9.84 Å². The molecule has 0 saturated carbocycles. The van der Waals surface area contributed by atoms with Crippen molar-refractivity contribution in [1.82, 2.24) is 10.3 Å². The average molecular weight is 471 g/mol. The van der Waals surface area contributed by atoms with Gasteiger partial charge in [0.15, 0.2) is 11.5 Å². The lowest BCUT2D eigenvalue weighted by atomic mass is 9.60. The summed E-state index contributed by atoms with van der Waals surface area (Å²) in [5.41, 5.74) is 6.35. The monoisotopic (exact) mass is 471 g/mol. The Morgan fingerprint density at radius 3 is 2.48 bits per heavy atom. The Balaban J connectivity index is 1.85. The van der Waals surface area contributed by atoms with E-state index >= 15 is 0 Å². The lowest BCUT2D eigenvalue weighted by molar-refractivity contribution is 0.307. The van der Waals surface area contributed by atoms with Crippen LogP contribution < -0.4 is 11.1 Å². The van der Waals surface area contributed by atoms with Gasteiger partial charge in [0.05, 0.1) is 41.5 Å². The van der Waals surface area contributed by atoms with Crippen molar-refractivity contribution >= 4 is 74.5 Å². The molecule has 142 valence electrons. The summed E-state index contributed by atoms with van der Waals surface area (Å²) in [4.78, 5) is 4.14. The molecule has 2 heterocycles. The second kappa shape index (κ2) is 7.50. The zero-order chi connectivity index (χ0) is 21.6. The summed E-state index contributed by atoms with van der Waals surface area (Å²) in [6.07, 6.45) is -0.417. The third kappa shape index (κ3) is 4.11. The zero-order valence-electron chi connectivity index (χ0n) is 14.8. The molecule has 1 aromatic heterocycles. The zero-order valence-corrected chi connectivity index (χ0v) is 17.2. The highest BCUT2D eigenvalue weighted by molar-refractivity contribution is 9.10. The number of nitrogens with one attached hydrogen (secondary N) is 1. The first-order valence-corrected chi connectivity index (χ1v) is 10.4. The van der Waals surface area contributed by atoms with Crippen molar-refractivity contribution in [2.24, 2.45) is 10.7 Å². The number of hydrogen-bond donors (Lipinski definition) is 2. The molecule has 15 heteroatoms. The number of aliphatic imine (C=N–C) groups is 1. The van der Waals surface area contributed by atoms with Crippen molar-refractivity contribution in [3.8, 4) is 0 Å². The molecular formula is C14H11B4BrFN5O3S. The van der Waals surface area contributed by atoms with Crippen LogP contribution in [0.25, 0.3) is 0 Å².